The topological polar surface area (TPSA) is 38.7 Å². The zero-order chi connectivity index (χ0) is 10.6. The van der Waals surface area contributed by atoms with Crippen LogP contribution in [0.4, 0.5) is 0 Å². The van der Waals surface area contributed by atoms with Gasteiger partial charge in [0.15, 0.2) is 5.79 Å². The first-order valence-electron chi connectivity index (χ1n) is 5.00. The van der Waals surface area contributed by atoms with Gasteiger partial charge < -0.3 is 14.6 Å². The highest BCUT2D eigenvalue weighted by Gasteiger charge is 2.36. The summed E-state index contributed by atoms with van der Waals surface area (Å²) in [4.78, 5) is 0. The second kappa shape index (κ2) is 4.79. The molecule has 3 nitrogen and oxygen atoms in total. The molecule has 0 amide bonds. The molecule has 1 fully saturated rings. The summed E-state index contributed by atoms with van der Waals surface area (Å²) in [5, 5.41) is 9.70. The maximum Gasteiger partial charge on any atom is 0.163 e. The maximum absolute atomic E-state index is 9.70. The van der Waals surface area contributed by atoms with Gasteiger partial charge in [0.2, 0.25) is 0 Å². The summed E-state index contributed by atoms with van der Waals surface area (Å²) in [5.74, 6) is 5.25. The molecule has 2 unspecified atom stereocenters. The van der Waals surface area contributed by atoms with Crippen molar-refractivity contribution >= 4 is 0 Å². The molecule has 0 aromatic carbocycles. The lowest BCUT2D eigenvalue weighted by Gasteiger charge is -2.19. The molecule has 0 saturated carbocycles. The van der Waals surface area contributed by atoms with Crippen LogP contribution in [0.3, 0.4) is 0 Å². The predicted octanol–water partition coefficient (Wildman–Crippen LogP) is 1.30. The average Bonchev–Trinajstić information content (AvgIpc) is 2.46. The molecule has 0 aromatic heterocycles. The van der Waals surface area contributed by atoms with E-state index in [1.807, 2.05) is 20.8 Å². The third kappa shape index (κ3) is 3.30. The van der Waals surface area contributed by atoms with Gasteiger partial charge in [-0.1, -0.05) is 6.92 Å². The molecule has 1 heterocycles. The van der Waals surface area contributed by atoms with Gasteiger partial charge in [0, 0.05) is 12.8 Å². The minimum Gasteiger partial charge on any atom is -0.389 e. The molecule has 0 radical (unpaired) electrons. The van der Waals surface area contributed by atoms with Crippen molar-refractivity contribution in [1.29, 1.82) is 0 Å². The second-order valence-corrected chi connectivity index (χ2v) is 3.85. The first-order valence-corrected chi connectivity index (χ1v) is 5.00. The third-order valence-corrected chi connectivity index (χ3v) is 2.07. The summed E-state index contributed by atoms with van der Waals surface area (Å²) in [6, 6.07) is 0. The highest BCUT2D eigenvalue weighted by atomic mass is 16.7. The molecule has 0 bridgehead atoms. The van der Waals surface area contributed by atoms with Crippen LogP contribution >= 0.6 is 0 Å². The first-order chi connectivity index (χ1) is 6.55. The van der Waals surface area contributed by atoms with Gasteiger partial charge in [0.05, 0.1) is 12.7 Å². The van der Waals surface area contributed by atoms with Crippen molar-refractivity contribution < 1.29 is 14.6 Å². The van der Waals surface area contributed by atoms with Gasteiger partial charge in [-0.15, -0.1) is 11.8 Å². The highest BCUT2D eigenvalue weighted by molar-refractivity contribution is 5.00. The van der Waals surface area contributed by atoms with Crippen molar-refractivity contribution in [2.75, 3.05) is 6.61 Å². The number of ether oxygens (including phenoxy) is 2. The predicted molar refractivity (Wildman–Crippen MR) is 53.6 cm³/mol. The molecule has 1 N–H and O–H groups in total. The summed E-state index contributed by atoms with van der Waals surface area (Å²) < 4.78 is 10.9. The van der Waals surface area contributed by atoms with Crippen LogP contribution in [0.25, 0.3) is 0 Å². The van der Waals surface area contributed by atoms with Crippen LogP contribution < -0.4 is 0 Å². The summed E-state index contributed by atoms with van der Waals surface area (Å²) in [6.07, 6.45) is 0.491. The second-order valence-electron chi connectivity index (χ2n) is 3.85. The SMILES string of the molecule is CCC#CCC(O)C1COC(C)(C)O1. The number of aliphatic hydroxyl groups excluding tert-OH is 1. The Morgan fingerprint density at radius 2 is 2.21 bits per heavy atom. The van der Waals surface area contributed by atoms with E-state index in [2.05, 4.69) is 11.8 Å². The van der Waals surface area contributed by atoms with Gasteiger partial charge in [-0.05, 0) is 13.8 Å². The molecule has 1 aliphatic heterocycles. The van der Waals surface area contributed by atoms with Crippen molar-refractivity contribution in [2.24, 2.45) is 0 Å². The van der Waals surface area contributed by atoms with Gasteiger partial charge >= 0.3 is 0 Å². The van der Waals surface area contributed by atoms with Crippen LogP contribution in [0, 0.1) is 11.8 Å². The molecule has 1 rings (SSSR count). The monoisotopic (exact) mass is 198 g/mol. The van der Waals surface area contributed by atoms with E-state index in [1.54, 1.807) is 0 Å². The molecule has 14 heavy (non-hydrogen) atoms. The van der Waals surface area contributed by atoms with Crippen molar-refractivity contribution in [3.8, 4) is 11.8 Å². The lowest BCUT2D eigenvalue weighted by molar-refractivity contribution is -0.150. The zero-order valence-corrected chi connectivity index (χ0v) is 9.04. The van der Waals surface area contributed by atoms with Gasteiger partial charge in [-0.3, -0.25) is 0 Å². The lowest BCUT2D eigenvalue weighted by atomic mass is 10.1. The van der Waals surface area contributed by atoms with Crippen molar-refractivity contribution in [3.63, 3.8) is 0 Å². The maximum atomic E-state index is 9.70. The van der Waals surface area contributed by atoms with Crippen LogP contribution in [-0.4, -0.2) is 29.7 Å². The Morgan fingerprint density at radius 1 is 1.50 bits per heavy atom. The molecule has 0 aliphatic carbocycles. The number of hydrogen-bond donors (Lipinski definition) is 1. The normalized spacial score (nSPS) is 26.7. The Kier molecular flexibility index (Phi) is 3.94. The summed E-state index contributed by atoms with van der Waals surface area (Å²) in [6.45, 7) is 6.12. The van der Waals surface area contributed by atoms with E-state index in [0.717, 1.165) is 6.42 Å². The van der Waals surface area contributed by atoms with Crippen LogP contribution in [0.5, 0.6) is 0 Å². The zero-order valence-electron chi connectivity index (χ0n) is 9.04. The molecule has 1 aliphatic rings. The minimum atomic E-state index is -0.566. The molecule has 1 saturated heterocycles. The quantitative estimate of drug-likeness (QED) is 0.680. The molecule has 3 heteroatoms. The van der Waals surface area contributed by atoms with Gasteiger partial charge in [0.1, 0.15) is 6.10 Å². The summed E-state index contributed by atoms with van der Waals surface area (Å²) in [5.41, 5.74) is 0. The van der Waals surface area contributed by atoms with E-state index in [-0.39, 0.29) is 6.10 Å². The van der Waals surface area contributed by atoms with E-state index >= 15 is 0 Å². The molecular weight excluding hydrogens is 180 g/mol. The average molecular weight is 198 g/mol. The number of aliphatic hydroxyl groups is 1. The molecule has 2 atom stereocenters. The fourth-order valence-electron chi connectivity index (χ4n) is 1.34. The Bertz CT molecular complexity index is 237. The van der Waals surface area contributed by atoms with Crippen LogP contribution in [0.1, 0.15) is 33.6 Å². The van der Waals surface area contributed by atoms with E-state index in [4.69, 9.17) is 9.47 Å². The van der Waals surface area contributed by atoms with Crippen LogP contribution in [-0.2, 0) is 9.47 Å². The molecule has 0 spiro atoms. The fraction of sp³-hybridized carbons (Fsp3) is 0.818. The van der Waals surface area contributed by atoms with Crippen molar-refractivity contribution in [3.05, 3.63) is 0 Å². The largest absolute Gasteiger partial charge is 0.389 e. The Balaban J connectivity index is 2.36. The lowest BCUT2D eigenvalue weighted by Crippen LogP contribution is -2.30. The third-order valence-electron chi connectivity index (χ3n) is 2.07. The van der Waals surface area contributed by atoms with Crippen LogP contribution in [0.15, 0.2) is 0 Å². The minimum absolute atomic E-state index is 0.240. The van der Waals surface area contributed by atoms with E-state index in [9.17, 15) is 5.11 Å². The number of rotatable bonds is 2. The summed E-state index contributed by atoms with van der Waals surface area (Å²) >= 11 is 0. The first kappa shape index (κ1) is 11.5. The Morgan fingerprint density at radius 3 is 2.71 bits per heavy atom. The molecule has 0 aromatic rings. The van der Waals surface area contributed by atoms with E-state index < -0.39 is 11.9 Å². The van der Waals surface area contributed by atoms with Gasteiger partial charge in [0.25, 0.3) is 0 Å². The van der Waals surface area contributed by atoms with Gasteiger partial charge in [-0.2, -0.15) is 0 Å². The standard InChI is InChI=1S/C11H18O3/c1-4-5-6-7-9(12)10-8-13-11(2,3)14-10/h9-10,12H,4,7-8H2,1-3H3. The van der Waals surface area contributed by atoms with Crippen LogP contribution in [0.2, 0.25) is 0 Å². The smallest absolute Gasteiger partial charge is 0.163 e. The fourth-order valence-corrected chi connectivity index (χ4v) is 1.34. The van der Waals surface area contributed by atoms with Gasteiger partial charge in [-0.25, -0.2) is 0 Å². The number of hydrogen-bond acceptors (Lipinski definition) is 3. The van der Waals surface area contributed by atoms with Crippen molar-refractivity contribution in [1.82, 2.24) is 0 Å². The highest BCUT2D eigenvalue weighted by Crippen LogP contribution is 2.24. The Hall–Kier alpha value is -0.560. The molecule has 80 valence electrons. The van der Waals surface area contributed by atoms with Crippen molar-refractivity contribution in [2.45, 2.75) is 51.6 Å². The van der Waals surface area contributed by atoms with E-state index in [0.29, 0.717) is 13.0 Å². The molecular formula is C11H18O3. The summed E-state index contributed by atoms with van der Waals surface area (Å²) in [7, 11) is 0. The Labute approximate surface area is 85.4 Å². The van der Waals surface area contributed by atoms with E-state index in [1.165, 1.54) is 0 Å².